The third-order valence-electron chi connectivity index (χ3n) is 4.86. The maximum absolute atomic E-state index is 14.0. The van der Waals surface area contributed by atoms with Gasteiger partial charge in [-0.2, -0.15) is 0 Å². The third-order valence-corrected chi connectivity index (χ3v) is 4.86. The standard InChI is InChI=1S/C21H21FN2/c22-18-9-5-4-8-17(18)16-11-12-19-20(14-16)24-21(23-19)13-10-15-6-2-1-3-7-15/h4-5,8-15H,1-3,6-7H2,(H,23,24). The van der Waals surface area contributed by atoms with Crippen molar-refractivity contribution in [2.75, 3.05) is 0 Å². The normalized spacial score (nSPS) is 16.2. The zero-order valence-corrected chi connectivity index (χ0v) is 13.6. The summed E-state index contributed by atoms with van der Waals surface area (Å²) in [6.07, 6.45) is 11.0. The Kier molecular flexibility index (Phi) is 4.16. The smallest absolute Gasteiger partial charge is 0.131 e. The topological polar surface area (TPSA) is 28.7 Å². The molecule has 2 aromatic carbocycles. The number of aromatic nitrogens is 2. The first-order chi connectivity index (χ1) is 11.8. The molecule has 1 fully saturated rings. The van der Waals surface area contributed by atoms with Gasteiger partial charge in [-0.1, -0.05) is 49.6 Å². The van der Waals surface area contributed by atoms with E-state index in [2.05, 4.69) is 22.1 Å². The van der Waals surface area contributed by atoms with E-state index in [9.17, 15) is 4.39 Å². The summed E-state index contributed by atoms with van der Waals surface area (Å²) in [5.74, 6) is 1.36. The highest BCUT2D eigenvalue weighted by atomic mass is 19.1. The van der Waals surface area contributed by atoms with Gasteiger partial charge in [-0.25, -0.2) is 9.37 Å². The Morgan fingerprint density at radius 1 is 1.04 bits per heavy atom. The Labute approximate surface area is 141 Å². The summed E-state index contributed by atoms with van der Waals surface area (Å²) >= 11 is 0. The molecule has 122 valence electrons. The molecule has 0 amide bonds. The van der Waals surface area contributed by atoms with E-state index >= 15 is 0 Å². The second kappa shape index (κ2) is 6.60. The van der Waals surface area contributed by atoms with Crippen LogP contribution in [0.3, 0.4) is 0 Å². The predicted molar refractivity (Wildman–Crippen MR) is 97.1 cm³/mol. The first kappa shape index (κ1) is 15.1. The summed E-state index contributed by atoms with van der Waals surface area (Å²) in [5.41, 5.74) is 3.35. The van der Waals surface area contributed by atoms with Crippen LogP contribution in [0, 0.1) is 11.7 Å². The molecule has 1 saturated carbocycles. The molecule has 4 rings (SSSR count). The second-order valence-corrected chi connectivity index (χ2v) is 6.59. The van der Waals surface area contributed by atoms with Gasteiger partial charge in [0.25, 0.3) is 0 Å². The first-order valence-electron chi connectivity index (χ1n) is 8.72. The number of nitrogens with one attached hydrogen (secondary N) is 1. The number of hydrogen-bond acceptors (Lipinski definition) is 1. The van der Waals surface area contributed by atoms with Crippen LogP contribution in [0.5, 0.6) is 0 Å². The van der Waals surface area contributed by atoms with E-state index in [0.29, 0.717) is 11.5 Å². The monoisotopic (exact) mass is 320 g/mol. The van der Waals surface area contributed by atoms with Crippen molar-refractivity contribution in [3.63, 3.8) is 0 Å². The molecule has 3 heteroatoms. The zero-order valence-electron chi connectivity index (χ0n) is 13.6. The van der Waals surface area contributed by atoms with Crippen LogP contribution in [0.4, 0.5) is 4.39 Å². The number of halogens is 1. The van der Waals surface area contributed by atoms with Crippen LogP contribution in [-0.2, 0) is 0 Å². The average Bonchev–Trinajstić information content (AvgIpc) is 3.03. The first-order valence-corrected chi connectivity index (χ1v) is 8.72. The highest BCUT2D eigenvalue weighted by Crippen LogP contribution is 2.27. The lowest BCUT2D eigenvalue weighted by atomic mass is 9.89. The molecule has 0 aliphatic heterocycles. The van der Waals surface area contributed by atoms with Crippen molar-refractivity contribution in [1.29, 1.82) is 0 Å². The maximum atomic E-state index is 14.0. The molecule has 0 unspecified atom stereocenters. The van der Waals surface area contributed by atoms with E-state index in [0.717, 1.165) is 22.4 Å². The second-order valence-electron chi connectivity index (χ2n) is 6.59. The lowest BCUT2D eigenvalue weighted by molar-refractivity contribution is 0.420. The van der Waals surface area contributed by atoms with Crippen LogP contribution >= 0.6 is 0 Å². The minimum atomic E-state index is -0.200. The number of imidazole rings is 1. The van der Waals surface area contributed by atoms with Gasteiger partial charge in [-0.05, 0) is 48.6 Å². The Morgan fingerprint density at radius 2 is 1.88 bits per heavy atom. The fraction of sp³-hybridized carbons (Fsp3) is 0.286. The minimum absolute atomic E-state index is 0.200. The molecule has 24 heavy (non-hydrogen) atoms. The molecule has 3 aromatic rings. The van der Waals surface area contributed by atoms with Gasteiger partial charge in [0.1, 0.15) is 11.6 Å². The molecule has 1 heterocycles. The maximum Gasteiger partial charge on any atom is 0.131 e. The summed E-state index contributed by atoms with van der Waals surface area (Å²) < 4.78 is 14.0. The summed E-state index contributed by atoms with van der Waals surface area (Å²) in [7, 11) is 0. The van der Waals surface area contributed by atoms with Crippen molar-refractivity contribution in [3.05, 3.63) is 60.2 Å². The van der Waals surface area contributed by atoms with Crippen LogP contribution in [0.1, 0.15) is 37.9 Å². The fourth-order valence-corrected chi connectivity index (χ4v) is 3.52. The van der Waals surface area contributed by atoms with Gasteiger partial charge >= 0.3 is 0 Å². The SMILES string of the molecule is Fc1ccccc1-c1ccc2nc(C=CC3CCCCC3)[nH]c2c1. The van der Waals surface area contributed by atoms with Gasteiger partial charge in [0.15, 0.2) is 0 Å². The van der Waals surface area contributed by atoms with Gasteiger partial charge in [-0.15, -0.1) is 0 Å². The molecular formula is C21H21FN2. The molecule has 0 radical (unpaired) electrons. The predicted octanol–water partition coefficient (Wildman–Crippen LogP) is 5.96. The van der Waals surface area contributed by atoms with E-state index in [4.69, 9.17) is 0 Å². The number of allylic oxidation sites excluding steroid dienone is 1. The molecular weight excluding hydrogens is 299 g/mol. The number of nitrogens with zero attached hydrogens (tertiary/aromatic N) is 1. The van der Waals surface area contributed by atoms with Crippen molar-refractivity contribution in [1.82, 2.24) is 9.97 Å². The molecule has 0 saturated heterocycles. The number of benzene rings is 2. The zero-order chi connectivity index (χ0) is 16.4. The fourth-order valence-electron chi connectivity index (χ4n) is 3.52. The van der Waals surface area contributed by atoms with Crippen LogP contribution in [0.15, 0.2) is 48.5 Å². The van der Waals surface area contributed by atoms with Crippen LogP contribution in [0.25, 0.3) is 28.2 Å². The summed E-state index contributed by atoms with van der Waals surface area (Å²) in [6.45, 7) is 0. The van der Waals surface area contributed by atoms with E-state index < -0.39 is 0 Å². The number of H-pyrrole nitrogens is 1. The van der Waals surface area contributed by atoms with Crippen molar-refractivity contribution in [2.24, 2.45) is 5.92 Å². The van der Waals surface area contributed by atoms with Crippen LogP contribution in [-0.4, -0.2) is 9.97 Å². The van der Waals surface area contributed by atoms with Crippen molar-refractivity contribution in [3.8, 4) is 11.1 Å². The molecule has 0 spiro atoms. The third kappa shape index (κ3) is 3.12. The Morgan fingerprint density at radius 3 is 2.71 bits per heavy atom. The number of hydrogen-bond donors (Lipinski definition) is 1. The van der Waals surface area contributed by atoms with E-state index in [1.165, 1.54) is 38.2 Å². The number of rotatable bonds is 3. The molecule has 2 nitrogen and oxygen atoms in total. The highest BCUT2D eigenvalue weighted by molar-refractivity contribution is 5.83. The van der Waals surface area contributed by atoms with Crippen molar-refractivity contribution in [2.45, 2.75) is 32.1 Å². The summed E-state index contributed by atoms with van der Waals surface area (Å²) in [6, 6.07) is 12.7. The Bertz CT molecular complexity index is 872. The molecule has 1 aliphatic carbocycles. The summed E-state index contributed by atoms with van der Waals surface area (Å²) in [5, 5.41) is 0. The molecule has 0 atom stereocenters. The Hall–Kier alpha value is -2.42. The quantitative estimate of drug-likeness (QED) is 0.633. The lowest BCUT2D eigenvalue weighted by Gasteiger charge is -2.17. The Balaban J connectivity index is 1.61. The largest absolute Gasteiger partial charge is 0.338 e. The number of fused-ring (bicyclic) bond motifs is 1. The molecule has 1 aromatic heterocycles. The van der Waals surface area contributed by atoms with E-state index in [1.807, 2.05) is 24.3 Å². The van der Waals surface area contributed by atoms with Gasteiger partial charge < -0.3 is 4.98 Å². The van der Waals surface area contributed by atoms with Crippen molar-refractivity contribution < 1.29 is 4.39 Å². The van der Waals surface area contributed by atoms with Gasteiger partial charge in [0, 0.05) is 5.56 Å². The molecule has 0 bridgehead atoms. The highest BCUT2D eigenvalue weighted by Gasteiger charge is 2.10. The van der Waals surface area contributed by atoms with Crippen LogP contribution < -0.4 is 0 Å². The summed E-state index contributed by atoms with van der Waals surface area (Å²) in [4.78, 5) is 7.96. The number of aromatic amines is 1. The molecule has 1 N–H and O–H groups in total. The molecule has 1 aliphatic rings. The lowest BCUT2D eigenvalue weighted by Crippen LogP contribution is -2.02. The van der Waals surface area contributed by atoms with Crippen molar-refractivity contribution >= 4 is 17.1 Å². The minimum Gasteiger partial charge on any atom is -0.338 e. The van der Waals surface area contributed by atoms with Gasteiger partial charge in [0.05, 0.1) is 11.0 Å². The van der Waals surface area contributed by atoms with E-state index in [1.54, 1.807) is 12.1 Å². The average molecular weight is 320 g/mol. The van der Waals surface area contributed by atoms with Gasteiger partial charge in [0.2, 0.25) is 0 Å². The van der Waals surface area contributed by atoms with Gasteiger partial charge in [-0.3, -0.25) is 0 Å². The van der Waals surface area contributed by atoms with E-state index in [-0.39, 0.29) is 5.82 Å². The van der Waals surface area contributed by atoms with Crippen LogP contribution in [0.2, 0.25) is 0 Å².